The van der Waals surface area contributed by atoms with Gasteiger partial charge in [0.1, 0.15) is 6.04 Å². The molecule has 0 aliphatic carbocycles. The molecule has 164 valence electrons. The Hall–Kier alpha value is -2.90. The lowest BCUT2D eigenvalue weighted by molar-refractivity contribution is -0.125. The zero-order chi connectivity index (χ0) is 21.6. The number of β-amino-alcohol motifs (C(OH)–C–C–N with tert-alkyl or cyclic N) is 1. The van der Waals surface area contributed by atoms with Crippen molar-refractivity contribution in [1.82, 2.24) is 15.1 Å². The topological polar surface area (TPSA) is 84.9 Å². The van der Waals surface area contributed by atoms with Gasteiger partial charge in [0.25, 0.3) is 0 Å². The number of likely N-dealkylation sites (tertiary alicyclic amines) is 2. The maximum atomic E-state index is 12.9. The van der Waals surface area contributed by atoms with Crippen LogP contribution < -0.4 is 10.6 Å². The van der Waals surface area contributed by atoms with Crippen molar-refractivity contribution in [2.24, 2.45) is 0 Å². The van der Waals surface area contributed by atoms with Crippen LogP contribution in [0.5, 0.6) is 0 Å². The Morgan fingerprint density at radius 2 is 1.61 bits per heavy atom. The summed E-state index contributed by atoms with van der Waals surface area (Å²) in [7, 11) is 0. The Morgan fingerprint density at radius 1 is 0.968 bits per heavy atom. The Balaban J connectivity index is 1.28. The summed E-state index contributed by atoms with van der Waals surface area (Å²) in [5.74, 6) is -0.179. The number of nitrogens with one attached hydrogen (secondary N) is 2. The zero-order valence-corrected chi connectivity index (χ0v) is 17.6. The van der Waals surface area contributed by atoms with E-state index in [2.05, 4.69) is 39.8 Å². The van der Waals surface area contributed by atoms with E-state index < -0.39 is 12.1 Å². The minimum atomic E-state index is -0.690. The molecule has 2 saturated heterocycles. The van der Waals surface area contributed by atoms with Crippen molar-refractivity contribution in [1.29, 1.82) is 0 Å². The molecule has 0 spiro atoms. The summed E-state index contributed by atoms with van der Waals surface area (Å²) in [6, 6.07) is 18.6. The number of nitrogens with zero attached hydrogens (tertiary/aromatic N) is 2. The van der Waals surface area contributed by atoms with E-state index in [4.69, 9.17) is 0 Å². The second-order valence-corrected chi connectivity index (χ2v) is 8.40. The van der Waals surface area contributed by atoms with Crippen molar-refractivity contribution in [2.45, 2.75) is 44.0 Å². The number of urea groups is 1. The number of rotatable bonds is 5. The van der Waals surface area contributed by atoms with Gasteiger partial charge < -0.3 is 20.6 Å². The van der Waals surface area contributed by atoms with Crippen LogP contribution in [0.15, 0.2) is 60.7 Å². The molecule has 0 bridgehead atoms. The van der Waals surface area contributed by atoms with Crippen LogP contribution in [0.2, 0.25) is 0 Å². The highest BCUT2D eigenvalue weighted by molar-refractivity contribution is 5.94. The smallest absolute Gasteiger partial charge is 0.322 e. The Kier molecular flexibility index (Phi) is 6.84. The molecule has 0 aromatic heterocycles. The van der Waals surface area contributed by atoms with E-state index in [0.29, 0.717) is 5.69 Å². The number of aliphatic hydroxyl groups excluding tert-OH is 1. The third kappa shape index (κ3) is 5.62. The number of benzene rings is 2. The van der Waals surface area contributed by atoms with Crippen molar-refractivity contribution in [3.8, 4) is 0 Å². The van der Waals surface area contributed by atoms with E-state index in [1.54, 1.807) is 12.1 Å². The number of amides is 3. The molecule has 7 heteroatoms. The molecular weight excluding hydrogens is 392 g/mol. The Morgan fingerprint density at radius 3 is 2.29 bits per heavy atom. The first-order chi connectivity index (χ1) is 15.1. The van der Waals surface area contributed by atoms with Crippen LogP contribution in [0.3, 0.4) is 0 Å². The van der Waals surface area contributed by atoms with Gasteiger partial charge in [-0.1, -0.05) is 48.5 Å². The van der Waals surface area contributed by atoms with Crippen LogP contribution in [-0.4, -0.2) is 64.7 Å². The minimum Gasteiger partial charge on any atom is -0.391 e. The van der Waals surface area contributed by atoms with Crippen molar-refractivity contribution in [3.63, 3.8) is 0 Å². The van der Waals surface area contributed by atoms with Crippen molar-refractivity contribution < 1.29 is 14.7 Å². The molecule has 0 radical (unpaired) electrons. The van der Waals surface area contributed by atoms with E-state index in [0.717, 1.165) is 32.5 Å². The van der Waals surface area contributed by atoms with Crippen LogP contribution in [0.1, 0.15) is 24.8 Å². The van der Waals surface area contributed by atoms with Gasteiger partial charge in [-0.3, -0.25) is 9.69 Å². The van der Waals surface area contributed by atoms with Gasteiger partial charge in [0.2, 0.25) is 5.91 Å². The predicted molar refractivity (Wildman–Crippen MR) is 119 cm³/mol. The summed E-state index contributed by atoms with van der Waals surface area (Å²) in [6.45, 7) is 2.92. The molecule has 3 amide bonds. The second kappa shape index (κ2) is 9.94. The minimum absolute atomic E-state index is 0.0938. The molecule has 2 aliphatic heterocycles. The van der Waals surface area contributed by atoms with Crippen LogP contribution >= 0.6 is 0 Å². The van der Waals surface area contributed by atoms with Gasteiger partial charge in [-0.25, -0.2) is 4.79 Å². The normalized spacial score (nSPS) is 22.3. The average molecular weight is 423 g/mol. The largest absolute Gasteiger partial charge is 0.391 e. The van der Waals surface area contributed by atoms with Crippen LogP contribution in [0.25, 0.3) is 0 Å². The van der Waals surface area contributed by atoms with E-state index in [1.807, 2.05) is 24.3 Å². The first-order valence-electron chi connectivity index (χ1n) is 11.0. The molecule has 2 aromatic rings. The maximum Gasteiger partial charge on any atom is 0.322 e. The number of hydrogen-bond acceptors (Lipinski definition) is 4. The van der Waals surface area contributed by atoms with Crippen molar-refractivity contribution in [3.05, 3.63) is 66.2 Å². The van der Waals surface area contributed by atoms with E-state index in [1.165, 1.54) is 10.5 Å². The van der Waals surface area contributed by atoms with Gasteiger partial charge in [0, 0.05) is 44.3 Å². The fourth-order valence-electron chi connectivity index (χ4n) is 4.38. The number of carbonyl (C=O) groups is 2. The van der Waals surface area contributed by atoms with Crippen molar-refractivity contribution >= 4 is 17.6 Å². The lowest BCUT2D eigenvalue weighted by atomic mass is 10.0. The zero-order valence-electron chi connectivity index (χ0n) is 17.6. The summed E-state index contributed by atoms with van der Waals surface area (Å²) in [5, 5.41) is 16.0. The number of anilines is 1. The van der Waals surface area contributed by atoms with Gasteiger partial charge >= 0.3 is 6.03 Å². The van der Waals surface area contributed by atoms with Crippen LogP contribution in [0, 0.1) is 0 Å². The number of para-hydroxylation sites is 1. The van der Waals surface area contributed by atoms with Crippen LogP contribution in [-0.2, 0) is 11.3 Å². The lowest BCUT2D eigenvalue weighted by Crippen LogP contribution is -2.52. The van der Waals surface area contributed by atoms with E-state index in [-0.39, 0.29) is 30.9 Å². The van der Waals surface area contributed by atoms with Crippen molar-refractivity contribution in [2.75, 3.05) is 25.0 Å². The van der Waals surface area contributed by atoms with Crippen LogP contribution in [0.4, 0.5) is 10.5 Å². The predicted octanol–water partition coefficient (Wildman–Crippen LogP) is 2.43. The summed E-state index contributed by atoms with van der Waals surface area (Å²) in [5.41, 5.74) is 1.96. The van der Waals surface area contributed by atoms with E-state index in [9.17, 15) is 14.7 Å². The molecule has 4 rings (SSSR count). The fraction of sp³-hybridized carbons (Fsp3) is 0.417. The maximum absolute atomic E-state index is 12.9. The van der Waals surface area contributed by atoms with Gasteiger partial charge in [0.15, 0.2) is 0 Å². The summed E-state index contributed by atoms with van der Waals surface area (Å²) < 4.78 is 0. The highest BCUT2D eigenvalue weighted by atomic mass is 16.3. The molecule has 3 N–H and O–H groups in total. The van der Waals surface area contributed by atoms with Gasteiger partial charge in [-0.15, -0.1) is 0 Å². The first kappa shape index (κ1) is 21.3. The Labute approximate surface area is 183 Å². The van der Waals surface area contributed by atoms with Gasteiger partial charge in [-0.05, 0) is 30.5 Å². The SMILES string of the molecule is O=C(NC1CCN(Cc2ccccc2)CC1)[C@H]1C[C@@H](O)CN1C(=O)Nc1ccccc1. The standard InChI is InChI=1S/C24H30N4O3/c29-21-15-22(28(17-21)24(31)26-19-9-5-2-6-10-19)23(30)25-20-11-13-27(14-12-20)16-18-7-3-1-4-8-18/h1-10,20-22,29H,11-17H2,(H,25,30)(H,26,31)/t21-,22-/m1/s1. The molecule has 2 aromatic carbocycles. The number of piperidine rings is 1. The van der Waals surface area contributed by atoms with Gasteiger partial charge in [0.05, 0.1) is 6.10 Å². The molecule has 2 heterocycles. The highest BCUT2D eigenvalue weighted by Gasteiger charge is 2.39. The van der Waals surface area contributed by atoms with Gasteiger partial charge in [-0.2, -0.15) is 0 Å². The first-order valence-corrected chi connectivity index (χ1v) is 11.0. The Bertz CT molecular complexity index is 869. The lowest BCUT2D eigenvalue weighted by Gasteiger charge is -2.33. The second-order valence-electron chi connectivity index (χ2n) is 8.40. The number of carbonyl (C=O) groups excluding carboxylic acids is 2. The molecule has 2 fully saturated rings. The molecular formula is C24H30N4O3. The number of aliphatic hydroxyl groups is 1. The average Bonchev–Trinajstić information content (AvgIpc) is 3.19. The third-order valence-corrected chi connectivity index (χ3v) is 6.05. The molecule has 7 nitrogen and oxygen atoms in total. The highest BCUT2D eigenvalue weighted by Crippen LogP contribution is 2.21. The summed E-state index contributed by atoms with van der Waals surface area (Å²) >= 11 is 0. The fourth-order valence-corrected chi connectivity index (χ4v) is 4.38. The van der Waals surface area contributed by atoms with E-state index >= 15 is 0 Å². The summed E-state index contributed by atoms with van der Waals surface area (Å²) in [4.78, 5) is 29.5. The molecule has 0 unspecified atom stereocenters. The quantitative estimate of drug-likeness (QED) is 0.691. The monoisotopic (exact) mass is 422 g/mol. The molecule has 0 saturated carbocycles. The third-order valence-electron chi connectivity index (χ3n) is 6.05. The molecule has 2 aliphatic rings. The molecule has 2 atom stereocenters. The number of hydrogen-bond donors (Lipinski definition) is 3. The summed E-state index contributed by atoms with van der Waals surface area (Å²) in [6.07, 6.45) is 1.33. The molecule has 31 heavy (non-hydrogen) atoms.